The first-order valence-corrected chi connectivity index (χ1v) is 8.38. The van der Waals surface area contributed by atoms with Crippen LogP contribution < -0.4 is 5.32 Å². The van der Waals surface area contributed by atoms with Gasteiger partial charge < -0.3 is 5.32 Å². The van der Waals surface area contributed by atoms with E-state index < -0.39 is 6.04 Å². The minimum absolute atomic E-state index is 0.192. The highest BCUT2D eigenvalue weighted by Crippen LogP contribution is 2.17. The molecular weight excluding hydrogens is 326 g/mol. The second-order valence-corrected chi connectivity index (χ2v) is 5.94. The Bertz CT molecular complexity index is 927. The van der Waals surface area contributed by atoms with Gasteiger partial charge >= 0.3 is 0 Å². The van der Waals surface area contributed by atoms with Gasteiger partial charge in [-0.2, -0.15) is 5.26 Å². The van der Waals surface area contributed by atoms with Crippen LogP contribution in [0.5, 0.6) is 0 Å². The maximum absolute atomic E-state index is 12.3. The maximum atomic E-state index is 12.3. The van der Waals surface area contributed by atoms with Crippen molar-refractivity contribution in [2.75, 3.05) is 0 Å². The van der Waals surface area contributed by atoms with E-state index in [1.807, 2.05) is 66.1 Å². The first-order chi connectivity index (χ1) is 12.7. The third kappa shape index (κ3) is 3.95. The average molecular weight is 345 g/mol. The molecular formula is C20H19N5O. The Balaban J connectivity index is 1.64. The zero-order valence-corrected chi connectivity index (χ0v) is 14.5. The van der Waals surface area contributed by atoms with Crippen molar-refractivity contribution < 1.29 is 4.79 Å². The van der Waals surface area contributed by atoms with Crippen LogP contribution in [0.1, 0.15) is 29.4 Å². The van der Waals surface area contributed by atoms with Crippen molar-refractivity contribution in [2.45, 2.75) is 25.8 Å². The van der Waals surface area contributed by atoms with Gasteiger partial charge in [0.05, 0.1) is 6.07 Å². The van der Waals surface area contributed by atoms with Gasteiger partial charge in [-0.15, -0.1) is 10.2 Å². The lowest BCUT2D eigenvalue weighted by Gasteiger charge is -2.14. The minimum atomic E-state index is -0.657. The van der Waals surface area contributed by atoms with E-state index in [9.17, 15) is 10.1 Å². The van der Waals surface area contributed by atoms with Crippen molar-refractivity contribution in [3.05, 3.63) is 77.9 Å². The van der Waals surface area contributed by atoms with Gasteiger partial charge in [0, 0.05) is 18.5 Å². The van der Waals surface area contributed by atoms with Gasteiger partial charge in [-0.05, 0) is 30.2 Å². The molecule has 1 amide bonds. The molecule has 1 N–H and O–H groups in total. The number of benzene rings is 2. The fraction of sp³-hybridized carbons (Fsp3) is 0.200. The maximum Gasteiger partial charge on any atom is 0.221 e. The molecule has 0 spiro atoms. The molecule has 1 atom stereocenters. The number of aryl methyl sites for hydroxylation is 2. The molecule has 1 unspecified atom stereocenters. The predicted molar refractivity (Wildman–Crippen MR) is 97.4 cm³/mol. The molecule has 130 valence electrons. The van der Waals surface area contributed by atoms with E-state index in [2.05, 4.69) is 21.6 Å². The van der Waals surface area contributed by atoms with Crippen LogP contribution in [-0.4, -0.2) is 20.7 Å². The molecule has 0 fully saturated rings. The first-order valence-electron chi connectivity index (χ1n) is 8.38. The number of amides is 1. The number of rotatable bonds is 6. The van der Waals surface area contributed by atoms with Gasteiger partial charge in [0.25, 0.3) is 0 Å². The standard InChI is InChI=1S/C20H19N5O/c1-15-7-5-6-10-17(15)18(13-21)23-20(26)12-11-19-24-22-14-25(19)16-8-3-2-4-9-16/h2-10,14,18H,11-12H2,1H3,(H,23,26). The van der Waals surface area contributed by atoms with E-state index in [4.69, 9.17) is 0 Å². The fourth-order valence-corrected chi connectivity index (χ4v) is 2.78. The van der Waals surface area contributed by atoms with Crippen molar-refractivity contribution in [3.63, 3.8) is 0 Å². The molecule has 0 aliphatic heterocycles. The summed E-state index contributed by atoms with van der Waals surface area (Å²) < 4.78 is 1.86. The highest BCUT2D eigenvalue weighted by Gasteiger charge is 2.16. The van der Waals surface area contributed by atoms with Crippen LogP contribution in [0.2, 0.25) is 0 Å². The summed E-state index contributed by atoms with van der Waals surface area (Å²) >= 11 is 0. The number of para-hydroxylation sites is 1. The zero-order chi connectivity index (χ0) is 18.4. The quantitative estimate of drug-likeness (QED) is 0.744. The number of nitriles is 1. The number of nitrogens with one attached hydrogen (secondary N) is 1. The minimum Gasteiger partial charge on any atom is -0.337 e. The summed E-state index contributed by atoms with van der Waals surface area (Å²) in [7, 11) is 0. The van der Waals surface area contributed by atoms with E-state index in [1.54, 1.807) is 6.33 Å². The fourth-order valence-electron chi connectivity index (χ4n) is 2.78. The highest BCUT2D eigenvalue weighted by molar-refractivity contribution is 5.77. The van der Waals surface area contributed by atoms with E-state index in [1.165, 1.54) is 0 Å². The van der Waals surface area contributed by atoms with E-state index in [0.717, 1.165) is 16.8 Å². The molecule has 0 saturated carbocycles. The molecule has 1 heterocycles. The number of aromatic nitrogens is 3. The predicted octanol–water partition coefficient (Wildman–Crippen LogP) is 2.89. The lowest BCUT2D eigenvalue weighted by Crippen LogP contribution is -2.28. The summed E-state index contributed by atoms with van der Waals surface area (Å²) in [5.74, 6) is 0.512. The largest absolute Gasteiger partial charge is 0.337 e. The Morgan fingerprint density at radius 3 is 2.65 bits per heavy atom. The van der Waals surface area contributed by atoms with E-state index >= 15 is 0 Å². The highest BCUT2D eigenvalue weighted by atomic mass is 16.1. The van der Waals surface area contributed by atoms with Crippen LogP contribution in [0, 0.1) is 18.3 Å². The smallest absolute Gasteiger partial charge is 0.221 e. The van der Waals surface area contributed by atoms with Crippen LogP contribution in [0.25, 0.3) is 5.69 Å². The molecule has 2 aromatic carbocycles. The molecule has 0 saturated heterocycles. The van der Waals surface area contributed by atoms with Crippen LogP contribution in [0.4, 0.5) is 0 Å². The van der Waals surface area contributed by atoms with Crippen LogP contribution in [0.3, 0.4) is 0 Å². The zero-order valence-electron chi connectivity index (χ0n) is 14.5. The Kier molecular flexibility index (Phi) is 5.40. The molecule has 26 heavy (non-hydrogen) atoms. The topological polar surface area (TPSA) is 83.6 Å². The third-order valence-electron chi connectivity index (χ3n) is 4.16. The summed E-state index contributed by atoms with van der Waals surface area (Å²) in [5, 5.41) is 20.2. The summed E-state index contributed by atoms with van der Waals surface area (Å²) in [6, 6.07) is 18.8. The lowest BCUT2D eigenvalue weighted by molar-refractivity contribution is -0.121. The molecule has 0 bridgehead atoms. The number of hydrogen-bond donors (Lipinski definition) is 1. The van der Waals surface area contributed by atoms with Gasteiger partial charge in [0.15, 0.2) is 0 Å². The average Bonchev–Trinajstić information content (AvgIpc) is 3.14. The van der Waals surface area contributed by atoms with Crippen LogP contribution in [0.15, 0.2) is 60.9 Å². The molecule has 0 radical (unpaired) electrons. The summed E-state index contributed by atoms with van der Waals surface area (Å²) in [4.78, 5) is 12.3. The molecule has 3 rings (SSSR count). The Morgan fingerprint density at radius 1 is 1.19 bits per heavy atom. The molecule has 6 heteroatoms. The second kappa shape index (κ2) is 8.08. The van der Waals surface area contributed by atoms with E-state index in [-0.39, 0.29) is 12.3 Å². The monoisotopic (exact) mass is 345 g/mol. The number of carbonyl (C=O) groups excluding carboxylic acids is 1. The van der Waals surface area contributed by atoms with Gasteiger partial charge in [-0.1, -0.05) is 42.5 Å². The number of nitrogens with zero attached hydrogens (tertiary/aromatic N) is 4. The molecule has 0 aliphatic carbocycles. The van der Waals surface area contributed by atoms with Gasteiger partial charge in [-0.25, -0.2) is 0 Å². The lowest BCUT2D eigenvalue weighted by atomic mass is 10.0. The number of hydrogen-bond acceptors (Lipinski definition) is 4. The molecule has 6 nitrogen and oxygen atoms in total. The Morgan fingerprint density at radius 2 is 1.92 bits per heavy atom. The molecule has 1 aromatic heterocycles. The van der Waals surface area contributed by atoms with Gasteiger partial charge in [-0.3, -0.25) is 9.36 Å². The number of carbonyl (C=O) groups is 1. The normalized spacial score (nSPS) is 11.5. The Labute approximate surface area is 152 Å². The van der Waals surface area contributed by atoms with Gasteiger partial charge in [0.2, 0.25) is 5.91 Å². The van der Waals surface area contributed by atoms with Crippen LogP contribution >= 0.6 is 0 Å². The summed E-state index contributed by atoms with van der Waals surface area (Å²) in [6.07, 6.45) is 2.30. The molecule has 0 aliphatic rings. The summed E-state index contributed by atoms with van der Waals surface area (Å²) in [6.45, 7) is 1.92. The summed E-state index contributed by atoms with van der Waals surface area (Å²) in [5.41, 5.74) is 2.74. The van der Waals surface area contributed by atoms with Crippen molar-refractivity contribution >= 4 is 5.91 Å². The second-order valence-electron chi connectivity index (χ2n) is 5.94. The van der Waals surface area contributed by atoms with Gasteiger partial charge in [0.1, 0.15) is 18.2 Å². The Hall–Kier alpha value is -3.46. The van der Waals surface area contributed by atoms with Crippen LogP contribution in [-0.2, 0) is 11.2 Å². The van der Waals surface area contributed by atoms with Crippen molar-refractivity contribution in [1.82, 2.24) is 20.1 Å². The van der Waals surface area contributed by atoms with Crippen molar-refractivity contribution in [1.29, 1.82) is 5.26 Å². The van der Waals surface area contributed by atoms with E-state index in [0.29, 0.717) is 12.2 Å². The SMILES string of the molecule is Cc1ccccc1C(C#N)NC(=O)CCc1nncn1-c1ccccc1. The molecule has 3 aromatic rings. The first kappa shape index (κ1) is 17.4. The van der Waals surface area contributed by atoms with Crippen molar-refractivity contribution in [3.8, 4) is 11.8 Å². The van der Waals surface area contributed by atoms with Crippen molar-refractivity contribution in [2.24, 2.45) is 0 Å². The third-order valence-corrected chi connectivity index (χ3v) is 4.16.